The third-order valence-corrected chi connectivity index (χ3v) is 6.54. The van der Waals surface area contributed by atoms with Gasteiger partial charge in [-0.2, -0.15) is 13.2 Å². The highest BCUT2D eigenvalue weighted by Gasteiger charge is 2.62. The average molecular weight is 508 g/mol. The fourth-order valence-electron chi connectivity index (χ4n) is 3.58. The highest BCUT2D eigenvalue weighted by atomic mass is 35.5. The minimum absolute atomic E-state index is 0.0505. The van der Waals surface area contributed by atoms with E-state index in [1.165, 1.54) is 24.3 Å². The number of carbonyl (C=O) groups is 1. The number of nitrogens with one attached hydrogen (secondary N) is 1. The molecule has 0 spiro atoms. The van der Waals surface area contributed by atoms with Crippen LogP contribution in [0.15, 0.2) is 41.6 Å². The normalized spacial score (nSPS) is 23.1. The van der Waals surface area contributed by atoms with Crippen molar-refractivity contribution in [3.8, 4) is 0 Å². The third-order valence-electron chi connectivity index (χ3n) is 5.34. The molecule has 0 aliphatic carbocycles. The SMILES string of the molecule is O=C(NC1CCCO1)c1ccc(C2=NOC(c3cc(Cl)c(Cl)c(Cl)c3)(C(F)(F)F)C2)cc1. The predicted molar refractivity (Wildman–Crippen MR) is 114 cm³/mol. The Morgan fingerprint density at radius 2 is 1.78 bits per heavy atom. The van der Waals surface area contributed by atoms with Crippen LogP contribution in [0.3, 0.4) is 0 Å². The van der Waals surface area contributed by atoms with Crippen molar-refractivity contribution in [1.29, 1.82) is 0 Å². The molecule has 2 unspecified atom stereocenters. The number of amides is 1. The molecular formula is C21H16Cl3F3N2O3. The van der Waals surface area contributed by atoms with Crippen molar-refractivity contribution in [3.63, 3.8) is 0 Å². The van der Waals surface area contributed by atoms with Gasteiger partial charge in [-0.1, -0.05) is 52.1 Å². The van der Waals surface area contributed by atoms with Gasteiger partial charge in [0.05, 0.1) is 20.8 Å². The standard InChI is InChI=1S/C21H16Cl3F3N2O3/c22-14-8-13(9-15(23)18(14)24)20(21(25,26)27)10-16(29-32-20)11-3-5-12(6-4-11)19(30)28-17-2-1-7-31-17/h3-6,8-9,17H,1-2,7,10H2,(H,28,30). The first-order valence-corrected chi connectivity index (χ1v) is 10.7. The fraction of sp³-hybridized carbons (Fsp3) is 0.333. The summed E-state index contributed by atoms with van der Waals surface area (Å²) < 4.78 is 47.8. The number of rotatable bonds is 4. The lowest BCUT2D eigenvalue weighted by molar-refractivity contribution is -0.275. The second-order valence-corrected chi connectivity index (χ2v) is 8.63. The van der Waals surface area contributed by atoms with Gasteiger partial charge in [-0.3, -0.25) is 4.79 Å². The smallest absolute Gasteiger partial charge is 0.374 e. The van der Waals surface area contributed by atoms with Crippen LogP contribution >= 0.6 is 34.8 Å². The van der Waals surface area contributed by atoms with Crippen LogP contribution in [0.1, 0.15) is 40.7 Å². The number of halogens is 6. The number of oxime groups is 1. The number of hydrogen-bond donors (Lipinski definition) is 1. The molecule has 1 N–H and O–H groups in total. The molecule has 1 amide bonds. The van der Waals surface area contributed by atoms with Gasteiger partial charge >= 0.3 is 6.18 Å². The van der Waals surface area contributed by atoms with Gasteiger partial charge in [-0.25, -0.2) is 0 Å². The minimum Gasteiger partial charge on any atom is -0.374 e. The van der Waals surface area contributed by atoms with Crippen molar-refractivity contribution >= 4 is 46.4 Å². The molecule has 5 nitrogen and oxygen atoms in total. The Labute approximate surface area is 196 Å². The van der Waals surface area contributed by atoms with Crippen LogP contribution in [0.4, 0.5) is 13.2 Å². The monoisotopic (exact) mass is 506 g/mol. The second-order valence-electron chi connectivity index (χ2n) is 7.44. The number of carbonyl (C=O) groups excluding carboxylic acids is 1. The summed E-state index contributed by atoms with van der Waals surface area (Å²) >= 11 is 17.8. The molecule has 0 aromatic heterocycles. The van der Waals surface area contributed by atoms with E-state index in [-0.39, 0.29) is 38.5 Å². The Morgan fingerprint density at radius 3 is 2.34 bits per heavy atom. The summed E-state index contributed by atoms with van der Waals surface area (Å²) in [4.78, 5) is 17.3. The van der Waals surface area contributed by atoms with Crippen molar-refractivity contribution in [2.24, 2.45) is 5.16 Å². The molecule has 170 valence electrons. The summed E-state index contributed by atoms with van der Waals surface area (Å²) in [6.45, 7) is 0.592. The first kappa shape index (κ1) is 23.2. The summed E-state index contributed by atoms with van der Waals surface area (Å²) in [6, 6.07) is 8.18. The zero-order chi connectivity index (χ0) is 23.1. The van der Waals surface area contributed by atoms with Gasteiger partial charge in [0.15, 0.2) is 0 Å². The largest absolute Gasteiger partial charge is 0.435 e. The van der Waals surface area contributed by atoms with Gasteiger partial charge in [-0.05, 0) is 42.7 Å². The molecule has 2 atom stereocenters. The van der Waals surface area contributed by atoms with E-state index in [4.69, 9.17) is 44.4 Å². The predicted octanol–water partition coefficient (Wildman–Crippen LogP) is 6.10. The molecular weight excluding hydrogens is 492 g/mol. The van der Waals surface area contributed by atoms with E-state index < -0.39 is 18.2 Å². The van der Waals surface area contributed by atoms with E-state index in [1.54, 1.807) is 0 Å². The zero-order valence-electron chi connectivity index (χ0n) is 16.3. The number of ether oxygens (including phenoxy) is 1. The Bertz CT molecular complexity index is 1050. The van der Waals surface area contributed by atoms with Crippen LogP contribution in [-0.4, -0.2) is 30.6 Å². The van der Waals surface area contributed by atoms with Crippen LogP contribution in [0.25, 0.3) is 0 Å². The van der Waals surface area contributed by atoms with Crippen molar-refractivity contribution in [1.82, 2.24) is 5.32 Å². The van der Waals surface area contributed by atoms with E-state index >= 15 is 0 Å². The molecule has 2 aromatic rings. The number of nitrogens with zero attached hydrogens (tertiary/aromatic N) is 1. The zero-order valence-corrected chi connectivity index (χ0v) is 18.6. The van der Waals surface area contributed by atoms with E-state index in [9.17, 15) is 18.0 Å². The highest BCUT2D eigenvalue weighted by molar-refractivity contribution is 6.48. The van der Waals surface area contributed by atoms with Gasteiger partial charge in [0.2, 0.25) is 0 Å². The molecule has 0 bridgehead atoms. The van der Waals surface area contributed by atoms with Crippen LogP contribution in [0.5, 0.6) is 0 Å². The summed E-state index contributed by atoms with van der Waals surface area (Å²) in [5, 5.41) is 6.14. The van der Waals surface area contributed by atoms with Gasteiger partial charge in [-0.15, -0.1) is 0 Å². The number of benzene rings is 2. The first-order valence-electron chi connectivity index (χ1n) is 9.60. The molecule has 2 aromatic carbocycles. The molecule has 32 heavy (non-hydrogen) atoms. The Morgan fingerprint density at radius 1 is 1.12 bits per heavy atom. The van der Waals surface area contributed by atoms with Crippen LogP contribution in [0.2, 0.25) is 15.1 Å². The van der Waals surface area contributed by atoms with Crippen molar-refractivity contribution in [2.45, 2.75) is 37.3 Å². The van der Waals surface area contributed by atoms with Gasteiger partial charge < -0.3 is 14.9 Å². The van der Waals surface area contributed by atoms with Gasteiger partial charge in [0, 0.05) is 24.2 Å². The summed E-state index contributed by atoms with van der Waals surface area (Å²) in [6.07, 6.45) is -4.16. The fourth-order valence-corrected chi connectivity index (χ4v) is 4.18. The van der Waals surface area contributed by atoms with Crippen molar-refractivity contribution in [3.05, 3.63) is 68.2 Å². The van der Waals surface area contributed by atoms with Crippen LogP contribution in [0, 0.1) is 0 Å². The quantitative estimate of drug-likeness (QED) is 0.509. The maximum Gasteiger partial charge on any atom is 0.435 e. The van der Waals surface area contributed by atoms with E-state index in [0.717, 1.165) is 25.0 Å². The van der Waals surface area contributed by atoms with Crippen LogP contribution in [-0.2, 0) is 15.2 Å². The lowest BCUT2D eigenvalue weighted by atomic mass is 9.86. The average Bonchev–Trinajstić information content (AvgIpc) is 3.42. The van der Waals surface area contributed by atoms with Crippen molar-refractivity contribution in [2.75, 3.05) is 6.61 Å². The maximum absolute atomic E-state index is 14.1. The van der Waals surface area contributed by atoms with E-state index in [0.29, 0.717) is 17.7 Å². The Hall–Kier alpha value is -2.00. The molecule has 2 aliphatic heterocycles. The topological polar surface area (TPSA) is 59.9 Å². The first-order chi connectivity index (χ1) is 15.1. The maximum atomic E-state index is 14.1. The van der Waals surface area contributed by atoms with E-state index in [2.05, 4.69) is 10.5 Å². The minimum atomic E-state index is -4.82. The molecule has 4 rings (SSSR count). The summed E-state index contributed by atoms with van der Waals surface area (Å²) in [7, 11) is 0. The van der Waals surface area contributed by atoms with Crippen LogP contribution < -0.4 is 5.32 Å². The van der Waals surface area contributed by atoms with Gasteiger partial charge in [0.1, 0.15) is 6.23 Å². The highest BCUT2D eigenvalue weighted by Crippen LogP contribution is 2.50. The second kappa shape index (κ2) is 8.74. The Balaban J connectivity index is 1.56. The van der Waals surface area contributed by atoms with Gasteiger partial charge in [0.25, 0.3) is 11.5 Å². The molecule has 0 saturated carbocycles. The lowest BCUT2D eigenvalue weighted by Gasteiger charge is -2.30. The number of hydrogen-bond acceptors (Lipinski definition) is 4. The molecule has 1 saturated heterocycles. The lowest BCUT2D eigenvalue weighted by Crippen LogP contribution is -2.42. The summed E-state index contributed by atoms with van der Waals surface area (Å²) in [5.74, 6) is -0.330. The van der Waals surface area contributed by atoms with Crippen molar-refractivity contribution < 1.29 is 27.5 Å². The third kappa shape index (κ3) is 4.29. The molecule has 11 heteroatoms. The Kier molecular flexibility index (Phi) is 6.33. The molecule has 2 heterocycles. The number of alkyl halides is 3. The molecule has 0 radical (unpaired) electrons. The summed E-state index contributed by atoms with van der Waals surface area (Å²) in [5.41, 5.74) is -2.28. The van der Waals surface area contributed by atoms with E-state index in [1.807, 2.05) is 0 Å². The molecule has 2 aliphatic rings. The molecule has 1 fully saturated rings.